The molecule has 2 aromatic rings. The number of hydrogen-bond acceptors (Lipinski definition) is 4. The predicted octanol–water partition coefficient (Wildman–Crippen LogP) is 4.11. The summed E-state index contributed by atoms with van der Waals surface area (Å²) in [6.07, 6.45) is 3.13. The molecule has 6 nitrogen and oxygen atoms in total. The molecule has 2 atom stereocenters. The molecule has 0 saturated carbocycles. The van der Waals surface area contributed by atoms with E-state index in [1.165, 1.54) is 5.56 Å². The van der Waals surface area contributed by atoms with E-state index < -0.39 is 0 Å². The van der Waals surface area contributed by atoms with E-state index in [0.717, 1.165) is 36.4 Å². The monoisotopic (exact) mass is 495 g/mol. The molecule has 2 aromatic carbocycles. The Balaban J connectivity index is 0.00000225. The lowest BCUT2D eigenvalue weighted by Gasteiger charge is -2.13. The number of nitrogens with zero attached hydrogens (tertiary/aromatic N) is 1. The van der Waals surface area contributed by atoms with E-state index in [0.29, 0.717) is 25.7 Å². The van der Waals surface area contributed by atoms with Crippen LogP contribution in [0.4, 0.5) is 5.69 Å². The number of nitrogens with two attached hydrogens (primary N) is 1. The van der Waals surface area contributed by atoms with Gasteiger partial charge in [-0.05, 0) is 30.5 Å². The van der Waals surface area contributed by atoms with E-state index in [9.17, 15) is 0 Å². The second-order valence-corrected chi connectivity index (χ2v) is 6.80. The van der Waals surface area contributed by atoms with Gasteiger partial charge in [-0.1, -0.05) is 30.3 Å². The van der Waals surface area contributed by atoms with Crippen LogP contribution < -0.4 is 20.5 Å². The number of nitrogens with one attached hydrogen (secondary N) is 1. The molecule has 4 rings (SSSR count). The van der Waals surface area contributed by atoms with Gasteiger partial charge in [0.1, 0.15) is 0 Å². The Hall–Kier alpha value is -2.00. The van der Waals surface area contributed by atoms with Crippen LogP contribution in [-0.4, -0.2) is 31.8 Å². The van der Waals surface area contributed by atoms with Gasteiger partial charge in [-0.25, -0.2) is 0 Å². The highest BCUT2D eigenvalue weighted by molar-refractivity contribution is 14.0. The van der Waals surface area contributed by atoms with Crippen LogP contribution in [0.5, 0.6) is 11.5 Å². The molecule has 0 unspecified atom stereocenters. The summed E-state index contributed by atoms with van der Waals surface area (Å²) in [4.78, 5) is 4.45. The van der Waals surface area contributed by atoms with Gasteiger partial charge in [-0.2, -0.15) is 0 Å². The van der Waals surface area contributed by atoms with Crippen molar-refractivity contribution in [2.45, 2.75) is 31.5 Å². The zero-order valence-corrected chi connectivity index (χ0v) is 18.0. The van der Waals surface area contributed by atoms with Gasteiger partial charge < -0.3 is 25.3 Å². The first-order chi connectivity index (χ1) is 13.3. The summed E-state index contributed by atoms with van der Waals surface area (Å²) in [6, 6.07) is 16.0. The van der Waals surface area contributed by atoms with Crippen LogP contribution in [0.1, 0.15) is 30.9 Å². The van der Waals surface area contributed by atoms with Crippen LogP contribution >= 0.6 is 24.0 Å². The number of rotatable bonds is 4. The normalized spacial score (nSPS) is 21.5. The molecule has 3 N–H and O–H groups in total. The first-order valence-corrected chi connectivity index (χ1v) is 9.45. The number of benzene rings is 2. The molecule has 1 fully saturated rings. The maximum Gasteiger partial charge on any atom is 0.193 e. The highest BCUT2D eigenvalue weighted by Gasteiger charge is 2.26. The summed E-state index contributed by atoms with van der Waals surface area (Å²) in [6.45, 7) is 1.88. The van der Waals surface area contributed by atoms with Gasteiger partial charge in [0.25, 0.3) is 0 Å². The van der Waals surface area contributed by atoms with Crippen molar-refractivity contribution >= 4 is 35.6 Å². The van der Waals surface area contributed by atoms with Crippen LogP contribution in [0.15, 0.2) is 53.5 Å². The van der Waals surface area contributed by atoms with E-state index in [4.69, 9.17) is 19.9 Å². The van der Waals surface area contributed by atoms with Crippen molar-refractivity contribution in [3.8, 4) is 11.5 Å². The average Bonchev–Trinajstić information content (AvgIpc) is 3.05. The zero-order valence-electron chi connectivity index (χ0n) is 15.7. The van der Waals surface area contributed by atoms with Crippen molar-refractivity contribution in [1.29, 1.82) is 0 Å². The molecule has 1 saturated heterocycles. The number of aliphatic imine (C=N–C) groups is 1. The second kappa shape index (κ2) is 9.97. The largest absolute Gasteiger partial charge is 0.490 e. The van der Waals surface area contributed by atoms with E-state index in [2.05, 4.69) is 22.4 Å². The van der Waals surface area contributed by atoms with Crippen molar-refractivity contribution in [2.75, 3.05) is 25.1 Å². The Morgan fingerprint density at radius 1 is 1.04 bits per heavy atom. The molecule has 0 radical (unpaired) electrons. The number of ether oxygens (including phenoxy) is 3. The van der Waals surface area contributed by atoms with Crippen molar-refractivity contribution in [1.82, 2.24) is 0 Å². The molecule has 7 heteroatoms. The highest BCUT2D eigenvalue weighted by atomic mass is 127. The summed E-state index contributed by atoms with van der Waals surface area (Å²) in [5.41, 5.74) is 8.10. The first kappa shape index (κ1) is 20.7. The lowest BCUT2D eigenvalue weighted by molar-refractivity contribution is 0.0501. The molecule has 2 heterocycles. The lowest BCUT2D eigenvalue weighted by atomic mass is 10.1. The third-order valence-corrected chi connectivity index (χ3v) is 4.76. The first-order valence-electron chi connectivity index (χ1n) is 9.45. The number of halogens is 1. The fraction of sp³-hybridized carbons (Fsp3) is 0.381. The van der Waals surface area contributed by atoms with Crippen LogP contribution in [0, 0.1) is 0 Å². The van der Waals surface area contributed by atoms with Crippen LogP contribution in [0.2, 0.25) is 0 Å². The molecule has 0 amide bonds. The Morgan fingerprint density at radius 2 is 1.82 bits per heavy atom. The van der Waals surface area contributed by atoms with E-state index in [1.54, 1.807) is 0 Å². The molecule has 0 aliphatic carbocycles. The van der Waals surface area contributed by atoms with Crippen LogP contribution in [0.25, 0.3) is 0 Å². The van der Waals surface area contributed by atoms with Gasteiger partial charge in [0.15, 0.2) is 17.5 Å². The lowest BCUT2D eigenvalue weighted by Crippen LogP contribution is -2.24. The summed E-state index contributed by atoms with van der Waals surface area (Å²) >= 11 is 0. The number of guanidine groups is 1. The fourth-order valence-corrected chi connectivity index (χ4v) is 3.38. The minimum absolute atomic E-state index is 0. The maximum absolute atomic E-state index is 6.11. The molecule has 0 aromatic heterocycles. The highest BCUT2D eigenvalue weighted by Crippen LogP contribution is 2.33. The van der Waals surface area contributed by atoms with Crippen molar-refractivity contribution in [2.24, 2.45) is 10.7 Å². The molecule has 0 spiro atoms. The Morgan fingerprint density at radius 3 is 2.64 bits per heavy atom. The molecule has 2 aliphatic rings. The fourth-order valence-electron chi connectivity index (χ4n) is 3.38. The Bertz CT molecular complexity index is 801. The van der Waals surface area contributed by atoms with E-state index >= 15 is 0 Å². The molecule has 150 valence electrons. The zero-order chi connectivity index (χ0) is 18.5. The van der Waals surface area contributed by atoms with Crippen molar-refractivity contribution in [3.63, 3.8) is 0 Å². The number of anilines is 1. The summed E-state index contributed by atoms with van der Waals surface area (Å²) in [5, 5.41) is 3.12. The number of hydrogen-bond donors (Lipinski definition) is 2. The Labute approximate surface area is 182 Å². The van der Waals surface area contributed by atoms with Gasteiger partial charge in [-0.3, -0.25) is 4.99 Å². The molecular weight excluding hydrogens is 469 g/mol. The second-order valence-electron chi connectivity index (χ2n) is 6.80. The third kappa shape index (κ3) is 5.29. The molecule has 0 bridgehead atoms. The van der Waals surface area contributed by atoms with Gasteiger partial charge in [-0.15, -0.1) is 24.0 Å². The predicted molar refractivity (Wildman–Crippen MR) is 121 cm³/mol. The summed E-state index contributed by atoms with van der Waals surface area (Å²) < 4.78 is 17.4. The standard InChI is InChI=1S/C21H25N3O3.HI/c22-21(24-16-7-9-19-20(13-16)26-12-4-11-25-19)23-14-17-8-10-18(27-17)15-5-2-1-3-6-15;/h1-3,5-7,9,13,17-18H,4,8,10-12,14H2,(H3,22,23,24);1H/t17-,18+;/m1./s1. The van der Waals surface area contributed by atoms with E-state index in [-0.39, 0.29) is 36.2 Å². The maximum atomic E-state index is 6.11. The van der Waals surface area contributed by atoms with Crippen LogP contribution in [0.3, 0.4) is 0 Å². The quantitative estimate of drug-likeness (QED) is 0.379. The van der Waals surface area contributed by atoms with Gasteiger partial charge in [0, 0.05) is 18.2 Å². The van der Waals surface area contributed by atoms with Crippen molar-refractivity contribution in [3.05, 3.63) is 54.1 Å². The van der Waals surface area contributed by atoms with E-state index in [1.807, 2.05) is 36.4 Å². The Kier molecular flexibility index (Phi) is 7.38. The van der Waals surface area contributed by atoms with Crippen molar-refractivity contribution < 1.29 is 14.2 Å². The minimum atomic E-state index is 0. The van der Waals surface area contributed by atoms with Gasteiger partial charge >= 0.3 is 0 Å². The third-order valence-electron chi connectivity index (χ3n) is 4.76. The minimum Gasteiger partial charge on any atom is -0.490 e. The number of fused-ring (bicyclic) bond motifs is 1. The van der Waals surface area contributed by atoms with Gasteiger partial charge in [0.05, 0.1) is 32.0 Å². The van der Waals surface area contributed by atoms with Gasteiger partial charge in [0.2, 0.25) is 0 Å². The van der Waals surface area contributed by atoms with Crippen LogP contribution in [-0.2, 0) is 4.74 Å². The molecular formula is C21H26IN3O3. The summed E-state index contributed by atoms with van der Waals surface area (Å²) in [5.74, 6) is 1.87. The SMILES string of the molecule is I.NC(=NC[C@H]1CC[C@@H](c2ccccc2)O1)Nc1ccc2c(c1)OCCCO2. The molecule has 2 aliphatic heterocycles. The smallest absolute Gasteiger partial charge is 0.193 e. The average molecular weight is 495 g/mol. The topological polar surface area (TPSA) is 78.1 Å². The molecule has 28 heavy (non-hydrogen) atoms. The summed E-state index contributed by atoms with van der Waals surface area (Å²) in [7, 11) is 0.